The smallest absolute Gasteiger partial charge is 0.350 e. The number of hydrogen-bond donors (Lipinski definition) is 2. The van der Waals surface area contributed by atoms with Crippen molar-refractivity contribution in [2.75, 3.05) is 0 Å². The van der Waals surface area contributed by atoms with Gasteiger partial charge in [-0.15, -0.1) is 0 Å². The third-order valence-corrected chi connectivity index (χ3v) is 6.66. The van der Waals surface area contributed by atoms with Crippen LogP contribution in [-0.4, -0.2) is 41.1 Å². The van der Waals surface area contributed by atoms with Crippen molar-refractivity contribution in [2.45, 2.75) is 0 Å². The first-order valence-electron chi connectivity index (χ1n) is 14.5. The Balaban J connectivity index is 1.16. The van der Waals surface area contributed by atoms with Crippen molar-refractivity contribution in [1.29, 1.82) is 0 Å². The van der Waals surface area contributed by atoms with E-state index >= 15 is 0 Å². The van der Waals surface area contributed by atoms with E-state index in [-0.39, 0.29) is 34.4 Å². The normalized spacial score (nSPS) is 10.8. The molecule has 0 saturated carbocycles. The quantitative estimate of drug-likeness (QED) is 0.0610. The number of hydrogen-bond acceptors (Lipinski definition) is 10. The summed E-state index contributed by atoms with van der Waals surface area (Å²) in [4.78, 5) is 60.8. The predicted molar refractivity (Wildman–Crippen MR) is 179 cm³/mol. The molecule has 5 aromatic rings. The van der Waals surface area contributed by atoms with E-state index in [0.717, 1.165) is 12.1 Å². The summed E-state index contributed by atoms with van der Waals surface area (Å²) in [5, 5.41) is 19.6. The van der Waals surface area contributed by atoms with Crippen LogP contribution in [0.2, 0.25) is 0 Å². The zero-order valence-corrected chi connectivity index (χ0v) is 25.4. The first kappa shape index (κ1) is 33.1. The molecule has 0 atom stereocenters. The maximum Gasteiger partial charge on any atom is 0.350 e. The van der Waals surface area contributed by atoms with Gasteiger partial charge in [-0.1, -0.05) is 36.4 Å². The molecule has 0 aromatic heterocycles. The number of benzene rings is 5. The van der Waals surface area contributed by atoms with Gasteiger partial charge < -0.3 is 9.47 Å². The number of esters is 2. The molecule has 0 aliphatic heterocycles. The predicted octanol–water partition coefficient (Wildman–Crippen LogP) is 5.56. The second kappa shape index (κ2) is 15.8. The molecule has 0 saturated heterocycles. The molecule has 0 bridgehead atoms. The van der Waals surface area contributed by atoms with E-state index in [1.54, 1.807) is 84.9 Å². The van der Waals surface area contributed by atoms with Gasteiger partial charge in [0.1, 0.15) is 17.1 Å². The minimum Gasteiger partial charge on any atom is -0.423 e. The van der Waals surface area contributed by atoms with Crippen LogP contribution in [-0.2, 0) is 0 Å². The lowest BCUT2D eigenvalue weighted by molar-refractivity contribution is -0.385. The Morgan fingerprint density at radius 2 is 1.02 bits per heavy atom. The van der Waals surface area contributed by atoms with Crippen LogP contribution in [0.3, 0.4) is 0 Å². The fourth-order valence-corrected chi connectivity index (χ4v) is 4.19. The van der Waals surface area contributed by atoms with E-state index in [2.05, 4.69) is 21.1 Å². The standard InChI is InChI=1S/C36H25N5O8/c42-33(26-7-3-1-4-8-26)39-37-22-24-11-16-29(17-12-24)48-35(44)28-15-20-31(32(21-28)41(46)47)36(45)49-30-18-13-25(14-19-30)23-38-40-34(43)27-9-5-2-6-10-27/h1-23H,(H,39,42)(H,40,43)/b37-22-,38-23-. The number of nitro groups is 1. The van der Waals surface area contributed by atoms with Crippen molar-refractivity contribution in [3.8, 4) is 11.5 Å². The summed E-state index contributed by atoms with van der Waals surface area (Å²) in [5.41, 5.74) is 5.70. The summed E-state index contributed by atoms with van der Waals surface area (Å²) in [6.07, 6.45) is 2.80. The van der Waals surface area contributed by atoms with Crippen LogP contribution in [0.5, 0.6) is 11.5 Å². The minimum atomic E-state index is -1.01. The molecular weight excluding hydrogens is 630 g/mol. The average Bonchev–Trinajstić information content (AvgIpc) is 3.13. The van der Waals surface area contributed by atoms with Gasteiger partial charge in [0.2, 0.25) is 0 Å². The van der Waals surface area contributed by atoms with Crippen LogP contribution in [0, 0.1) is 10.1 Å². The minimum absolute atomic E-state index is 0.0975. The number of amides is 2. The number of ether oxygens (including phenoxy) is 2. The van der Waals surface area contributed by atoms with E-state index in [1.165, 1.54) is 42.8 Å². The Bertz CT molecular complexity index is 2050. The highest BCUT2D eigenvalue weighted by Crippen LogP contribution is 2.24. The number of rotatable bonds is 11. The Hall–Kier alpha value is -7.28. The molecule has 2 N–H and O–H groups in total. The fraction of sp³-hybridized carbons (Fsp3) is 0. The molecule has 0 unspecified atom stereocenters. The molecule has 0 radical (unpaired) electrons. The van der Waals surface area contributed by atoms with Crippen LogP contribution in [0.25, 0.3) is 0 Å². The topological polar surface area (TPSA) is 179 Å². The summed E-state index contributed by atoms with van der Waals surface area (Å²) in [6.45, 7) is 0. The molecule has 0 spiro atoms. The van der Waals surface area contributed by atoms with E-state index in [4.69, 9.17) is 9.47 Å². The van der Waals surface area contributed by atoms with Crippen molar-refractivity contribution >= 4 is 41.9 Å². The number of carbonyl (C=O) groups excluding carboxylic acids is 4. The first-order valence-corrected chi connectivity index (χ1v) is 14.5. The lowest BCUT2D eigenvalue weighted by Crippen LogP contribution is -2.17. The number of hydrazone groups is 2. The maximum absolute atomic E-state index is 12.8. The highest BCUT2D eigenvalue weighted by atomic mass is 16.6. The lowest BCUT2D eigenvalue weighted by Gasteiger charge is -2.08. The molecule has 0 fully saturated rings. The van der Waals surface area contributed by atoms with Crippen molar-refractivity contribution < 1.29 is 33.6 Å². The van der Waals surface area contributed by atoms with Gasteiger partial charge in [-0.2, -0.15) is 10.2 Å². The number of nitrogens with zero attached hydrogens (tertiary/aromatic N) is 3. The van der Waals surface area contributed by atoms with Gasteiger partial charge in [-0.25, -0.2) is 20.4 Å². The Labute approximate surface area is 278 Å². The summed E-state index contributed by atoms with van der Waals surface area (Å²) < 4.78 is 10.6. The first-order chi connectivity index (χ1) is 23.8. The van der Waals surface area contributed by atoms with Gasteiger partial charge >= 0.3 is 11.9 Å². The third-order valence-electron chi connectivity index (χ3n) is 6.66. The molecule has 49 heavy (non-hydrogen) atoms. The summed E-state index contributed by atoms with van der Waals surface area (Å²) >= 11 is 0. The van der Waals surface area contributed by atoms with Gasteiger partial charge in [0.25, 0.3) is 17.5 Å². The van der Waals surface area contributed by atoms with E-state index in [0.29, 0.717) is 22.3 Å². The fourth-order valence-electron chi connectivity index (χ4n) is 4.19. The van der Waals surface area contributed by atoms with Crippen LogP contribution < -0.4 is 20.3 Å². The molecule has 13 nitrogen and oxygen atoms in total. The molecule has 5 aromatic carbocycles. The number of nitro benzene ring substituents is 1. The van der Waals surface area contributed by atoms with Crippen LogP contribution in [0.1, 0.15) is 52.6 Å². The molecule has 242 valence electrons. The summed E-state index contributed by atoms with van der Waals surface area (Å²) in [6, 6.07) is 32.5. The second-order valence-corrected chi connectivity index (χ2v) is 10.0. The van der Waals surface area contributed by atoms with Gasteiger partial charge in [0.15, 0.2) is 0 Å². The van der Waals surface area contributed by atoms with Crippen molar-refractivity contribution in [1.82, 2.24) is 10.9 Å². The molecule has 2 amide bonds. The number of carbonyl (C=O) groups is 4. The second-order valence-electron chi connectivity index (χ2n) is 10.0. The Morgan fingerprint density at radius 3 is 1.47 bits per heavy atom. The molecule has 13 heteroatoms. The van der Waals surface area contributed by atoms with Crippen LogP contribution in [0.4, 0.5) is 5.69 Å². The average molecular weight is 656 g/mol. The molecule has 0 aliphatic carbocycles. The molecular formula is C36H25N5O8. The highest BCUT2D eigenvalue weighted by molar-refractivity contribution is 5.99. The van der Waals surface area contributed by atoms with Gasteiger partial charge in [-0.3, -0.25) is 19.7 Å². The molecule has 0 heterocycles. The van der Waals surface area contributed by atoms with Crippen LogP contribution >= 0.6 is 0 Å². The zero-order valence-electron chi connectivity index (χ0n) is 25.4. The third kappa shape index (κ3) is 9.14. The summed E-state index contributed by atoms with van der Waals surface area (Å²) in [7, 11) is 0. The monoisotopic (exact) mass is 655 g/mol. The van der Waals surface area contributed by atoms with Gasteiger partial charge in [0, 0.05) is 17.2 Å². The molecule has 0 aliphatic rings. The zero-order chi connectivity index (χ0) is 34.6. The number of nitrogens with one attached hydrogen (secondary N) is 2. The highest BCUT2D eigenvalue weighted by Gasteiger charge is 2.25. The van der Waals surface area contributed by atoms with E-state index < -0.39 is 22.5 Å². The van der Waals surface area contributed by atoms with Crippen molar-refractivity contribution in [3.05, 3.63) is 171 Å². The Kier molecular flexibility index (Phi) is 10.7. The van der Waals surface area contributed by atoms with Gasteiger partial charge in [0.05, 0.1) is 22.9 Å². The maximum atomic E-state index is 12.8. The SMILES string of the molecule is O=C(N/N=C\c1ccc(OC(=O)c2ccc(C(=O)Oc3ccc(/C=N\NC(=O)c4ccccc4)cc3)c([N+](=O)[O-])c2)cc1)c1ccccc1. The van der Waals surface area contributed by atoms with E-state index in [9.17, 15) is 29.3 Å². The molecule has 5 rings (SSSR count). The van der Waals surface area contributed by atoms with E-state index in [1.807, 2.05) is 0 Å². The largest absolute Gasteiger partial charge is 0.423 e. The van der Waals surface area contributed by atoms with Crippen molar-refractivity contribution in [2.24, 2.45) is 10.2 Å². The van der Waals surface area contributed by atoms with Crippen molar-refractivity contribution in [3.63, 3.8) is 0 Å². The van der Waals surface area contributed by atoms with Gasteiger partial charge in [-0.05, 0) is 96.1 Å². The summed E-state index contributed by atoms with van der Waals surface area (Å²) in [5.74, 6) is -2.42. The Morgan fingerprint density at radius 1 is 0.571 bits per heavy atom. The lowest BCUT2D eigenvalue weighted by atomic mass is 10.1. The van der Waals surface area contributed by atoms with Crippen LogP contribution in [0.15, 0.2) is 138 Å².